The maximum atomic E-state index is 12.1. The summed E-state index contributed by atoms with van der Waals surface area (Å²) in [5.41, 5.74) is 0. The van der Waals surface area contributed by atoms with Gasteiger partial charge in [0, 0.05) is 24.9 Å². The molecule has 5 nitrogen and oxygen atoms in total. The molecule has 0 radical (unpaired) electrons. The minimum absolute atomic E-state index is 0.0211. The molecule has 0 spiro atoms. The summed E-state index contributed by atoms with van der Waals surface area (Å²) in [5.74, 6) is 0.795. The molecule has 1 aromatic rings. The lowest BCUT2D eigenvalue weighted by Crippen LogP contribution is -2.49. The largest absolute Gasteiger partial charge is 0.494 e. The quantitative estimate of drug-likeness (QED) is 0.834. The minimum atomic E-state index is -0.105. The summed E-state index contributed by atoms with van der Waals surface area (Å²) in [7, 11) is 0. The van der Waals surface area contributed by atoms with Gasteiger partial charge in [0.05, 0.1) is 6.61 Å². The van der Waals surface area contributed by atoms with Crippen LogP contribution in [0, 0.1) is 5.92 Å². The first-order valence-corrected chi connectivity index (χ1v) is 7.40. The second-order valence-corrected chi connectivity index (χ2v) is 5.40. The van der Waals surface area contributed by atoms with E-state index >= 15 is 0 Å². The van der Waals surface area contributed by atoms with Gasteiger partial charge in [0.2, 0.25) is 11.8 Å². The Hall–Kier alpha value is -2.04. The van der Waals surface area contributed by atoms with Gasteiger partial charge < -0.3 is 15.4 Å². The average Bonchev–Trinajstić information content (AvgIpc) is 2.50. The van der Waals surface area contributed by atoms with Crippen LogP contribution in [0.25, 0.3) is 0 Å². The van der Waals surface area contributed by atoms with Crippen molar-refractivity contribution in [2.45, 2.75) is 32.2 Å². The van der Waals surface area contributed by atoms with Gasteiger partial charge in [-0.25, -0.2) is 0 Å². The molecule has 2 N–H and O–H groups in total. The van der Waals surface area contributed by atoms with Crippen LogP contribution in [-0.4, -0.2) is 31.0 Å². The van der Waals surface area contributed by atoms with Crippen molar-refractivity contribution in [3.05, 3.63) is 30.3 Å². The molecule has 21 heavy (non-hydrogen) atoms. The van der Waals surface area contributed by atoms with Gasteiger partial charge in [0.1, 0.15) is 5.75 Å². The number of nitrogens with one attached hydrogen (secondary N) is 2. The van der Waals surface area contributed by atoms with Crippen molar-refractivity contribution in [2.75, 3.05) is 13.2 Å². The first-order chi connectivity index (χ1) is 10.1. The van der Waals surface area contributed by atoms with Crippen LogP contribution in [0.1, 0.15) is 26.2 Å². The highest BCUT2D eigenvalue weighted by atomic mass is 16.5. The number of rotatable bonds is 6. The van der Waals surface area contributed by atoms with E-state index in [0.717, 1.165) is 5.75 Å². The first-order valence-electron chi connectivity index (χ1n) is 7.40. The van der Waals surface area contributed by atoms with E-state index in [1.807, 2.05) is 37.3 Å². The molecule has 1 fully saturated rings. The fourth-order valence-corrected chi connectivity index (χ4v) is 2.20. The molecule has 2 unspecified atom stereocenters. The number of amides is 2. The lowest BCUT2D eigenvalue weighted by atomic mass is 10.0. The normalized spacial score (nSPS) is 19.5. The number of hydrogen-bond donors (Lipinski definition) is 2. The molecule has 2 rings (SSSR count). The third-order valence-electron chi connectivity index (χ3n) is 3.62. The summed E-state index contributed by atoms with van der Waals surface area (Å²) in [5, 5.41) is 5.74. The molecule has 1 aliphatic heterocycles. The summed E-state index contributed by atoms with van der Waals surface area (Å²) in [4.78, 5) is 23.1. The summed E-state index contributed by atoms with van der Waals surface area (Å²) in [6, 6.07) is 9.62. The van der Waals surface area contributed by atoms with Crippen molar-refractivity contribution in [3.63, 3.8) is 0 Å². The van der Waals surface area contributed by atoms with E-state index in [9.17, 15) is 9.59 Å². The van der Waals surface area contributed by atoms with E-state index in [4.69, 9.17) is 4.74 Å². The van der Waals surface area contributed by atoms with Crippen LogP contribution < -0.4 is 15.4 Å². The van der Waals surface area contributed by atoms with Gasteiger partial charge in [0.15, 0.2) is 0 Å². The average molecular weight is 290 g/mol. The summed E-state index contributed by atoms with van der Waals surface area (Å²) >= 11 is 0. The SMILES string of the molecule is CC(CCOc1ccccc1)C(=O)NC1CCC(=O)NC1. The molecule has 0 aromatic heterocycles. The monoisotopic (exact) mass is 290 g/mol. The molecule has 0 saturated carbocycles. The number of piperidine rings is 1. The molecule has 1 heterocycles. The highest BCUT2D eigenvalue weighted by Gasteiger charge is 2.22. The van der Waals surface area contributed by atoms with Crippen molar-refractivity contribution in [1.82, 2.24) is 10.6 Å². The Morgan fingerprint density at radius 3 is 2.86 bits per heavy atom. The Kier molecular flexibility index (Phi) is 5.60. The Morgan fingerprint density at radius 2 is 2.19 bits per heavy atom. The van der Waals surface area contributed by atoms with Gasteiger partial charge in [-0.2, -0.15) is 0 Å². The third kappa shape index (κ3) is 5.10. The summed E-state index contributed by atoms with van der Waals surface area (Å²) in [6.07, 6.45) is 1.86. The zero-order valence-corrected chi connectivity index (χ0v) is 12.3. The second-order valence-electron chi connectivity index (χ2n) is 5.40. The molecule has 2 atom stereocenters. The molecule has 1 aromatic carbocycles. The molecular formula is C16H22N2O3. The number of carbonyl (C=O) groups excluding carboxylic acids is 2. The van der Waals surface area contributed by atoms with E-state index in [1.54, 1.807) is 0 Å². The number of carbonyl (C=O) groups is 2. The molecule has 1 aliphatic rings. The minimum Gasteiger partial charge on any atom is -0.494 e. The highest BCUT2D eigenvalue weighted by Crippen LogP contribution is 2.11. The van der Waals surface area contributed by atoms with E-state index in [0.29, 0.717) is 32.4 Å². The fraction of sp³-hybridized carbons (Fsp3) is 0.500. The molecule has 2 amide bonds. The fourth-order valence-electron chi connectivity index (χ4n) is 2.20. The van der Waals surface area contributed by atoms with Crippen LogP contribution in [0.3, 0.4) is 0 Å². The number of hydrogen-bond acceptors (Lipinski definition) is 3. The van der Waals surface area contributed by atoms with Crippen LogP contribution in [-0.2, 0) is 9.59 Å². The predicted octanol–water partition coefficient (Wildman–Crippen LogP) is 1.49. The van der Waals surface area contributed by atoms with Gasteiger partial charge in [-0.1, -0.05) is 25.1 Å². The molecule has 0 bridgehead atoms. The second kappa shape index (κ2) is 7.67. The topological polar surface area (TPSA) is 67.4 Å². The molecule has 114 valence electrons. The van der Waals surface area contributed by atoms with E-state index in [-0.39, 0.29) is 23.8 Å². The maximum absolute atomic E-state index is 12.1. The molecule has 5 heteroatoms. The predicted molar refractivity (Wildman–Crippen MR) is 79.9 cm³/mol. The van der Waals surface area contributed by atoms with Gasteiger partial charge >= 0.3 is 0 Å². The zero-order chi connectivity index (χ0) is 15.1. The number of ether oxygens (including phenoxy) is 1. The van der Waals surface area contributed by atoms with Gasteiger partial charge in [0.25, 0.3) is 0 Å². The van der Waals surface area contributed by atoms with Crippen molar-refractivity contribution < 1.29 is 14.3 Å². The van der Waals surface area contributed by atoms with Gasteiger partial charge in [-0.15, -0.1) is 0 Å². The summed E-state index contributed by atoms with van der Waals surface area (Å²) in [6.45, 7) is 2.93. The highest BCUT2D eigenvalue weighted by molar-refractivity contribution is 5.80. The maximum Gasteiger partial charge on any atom is 0.223 e. The number of para-hydroxylation sites is 1. The molecular weight excluding hydrogens is 268 g/mol. The Morgan fingerprint density at radius 1 is 1.43 bits per heavy atom. The van der Waals surface area contributed by atoms with Crippen LogP contribution in [0.5, 0.6) is 5.75 Å². The van der Waals surface area contributed by atoms with E-state index in [2.05, 4.69) is 10.6 Å². The van der Waals surface area contributed by atoms with Crippen LogP contribution in [0.15, 0.2) is 30.3 Å². The first kappa shape index (κ1) is 15.4. The van der Waals surface area contributed by atoms with Crippen molar-refractivity contribution in [2.24, 2.45) is 5.92 Å². The smallest absolute Gasteiger partial charge is 0.223 e. The Balaban J connectivity index is 1.66. The van der Waals surface area contributed by atoms with Crippen LogP contribution in [0.2, 0.25) is 0 Å². The van der Waals surface area contributed by atoms with Crippen molar-refractivity contribution in [1.29, 1.82) is 0 Å². The van der Waals surface area contributed by atoms with Crippen LogP contribution in [0.4, 0.5) is 0 Å². The Bertz CT molecular complexity index is 466. The molecule has 0 aliphatic carbocycles. The van der Waals surface area contributed by atoms with Crippen molar-refractivity contribution >= 4 is 11.8 Å². The van der Waals surface area contributed by atoms with E-state index in [1.165, 1.54) is 0 Å². The van der Waals surface area contributed by atoms with Gasteiger partial charge in [-0.05, 0) is 25.0 Å². The lowest BCUT2D eigenvalue weighted by molar-refractivity contribution is -0.127. The van der Waals surface area contributed by atoms with Crippen molar-refractivity contribution in [3.8, 4) is 5.75 Å². The van der Waals surface area contributed by atoms with Crippen LogP contribution >= 0.6 is 0 Å². The summed E-state index contributed by atoms with van der Waals surface area (Å²) < 4.78 is 5.59. The lowest BCUT2D eigenvalue weighted by Gasteiger charge is -2.25. The third-order valence-corrected chi connectivity index (χ3v) is 3.62. The standard InChI is InChI=1S/C16H22N2O3/c1-12(9-10-21-14-5-3-2-4-6-14)16(20)18-13-7-8-15(19)17-11-13/h2-6,12-13H,7-11H2,1H3,(H,17,19)(H,18,20). The van der Waals surface area contributed by atoms with Gasteiger partial charge in [-0.3, -0.25) is 9.59 Å². The molecule has 1 saturated heterocycles. The zero-order valence-electron chi connectivity index (χ0n) is 12.3. The van der Waals surface area contributed by atoms with E-state index < -0.39 is 0 Å². The Labute approximate surface area is 125 Å². The number of benzene rings is 1.